The zero-order valence-corrected chi connectivity index (χ0v) is 17.7. The van der Waals surface area contributed by atoms with Crippen LogP contribution in [0, 0.1) is 0 Å². The van der Waals surface area contributed by atoms with Crippen molar-refractivity contribution in [2.24, 2.45) is 0 Å². The van der Waals surface area contributed by atoms with Crippen LogP contribution in [0.2, 0.25) is 0 Å². The van der Waals surface area contributed by atoms with Gasteiger partial charge in [0.05, 0.1) is 34.9 Å². The number of hydrogen-bond acceptors (Lipinski definition) is 8. The molecule has 1 saturated heterocycles. The summed E-state index contributed by atoms with van der Waals surface area (Å²) in [5, 5.41) is 8.35. The fourth-order valence-corrected chi connectivity index (χ4v) is 5.51. The minimum Gasteiger partial charge on any atom is -0.379 e. The second-order valence-corrected chi connectivity index (χ2v) is 9.54. The van der Waals surface area contributed by atoms with Gasteiger partial charge in [-0.3, -0.25) is 0 Å². The molecule has 1 aliphatic heterocycles. The van der Waals surface area contributed by atoms with Gasteiger partial charge in [0.15, 0.2) is 0 Å². The van der Waals surface area contributed by atoms with E-state index in [9.17, 15) is 8.42 Å². The van der Waals surface area contributed by atoms with Crippen molar-refractivity contribution in [1.29, 1.82) is 0 Å². The minimum atomic E-state index is -3.56. The first-order valence-corrected chi connectivity index (χ1v) is 11.8. The summed E-state index contributed by atoms with van der Waals surface area (Å²) in [4.78, 5) is 4.97. The third kappa shape index (κ3) is 3.97. The lowest BCUT2D eigenvalue weighted by Gasteiger charge is -2.26. The second kappa shape index (κ2) is 8.30. The molecular formula is C17H23N7O3S2. The Bertz CT molecular complexity index is 1100. The van der Waals surface area contributed by atoms with Crippen LogP contribution in [-0.4, -0.2) is 63.5 Å². The van der Waals surface area contributed by atoms with E-state index in [0.717, 1.165) is 24.3 Å². The van der Waals surface area contributed by atoms with E-state index in [1.165, 1.54) is 27.1 Å². The van der Waals surface area contributed by atoms with Crippen molar-refractivity contribution >= 4 is 32.8 Å². The number of ether oxygens (including phenoxy) is 1. The van der Waals surface area contributed by atoms with Crippen LogP contribution in [-0.2, 0) is 27.1 Å². The molecule has 1 fully saturated rings. The van der Waals surface area contributed by atoms with Crippen LogP contribution in [0.15, 0.2) is 34.6 Å². The maximum atomic E-state index is 13.0. The first kappa shape index (κ1) is 20.1. The van der Waals surface area contributed by atoms with Gasteiger partial charge in [-0.15, -0.1) is 10.2 Å². The second-order valence-electron chi connectivity index (χ2n) is 6.66. The van der Waals surface area contributed by atoms with Gasteiger partial charge in [-0.25, -0.2) is 18.1 Å². The number of nitrogens with zero attached hydrogens (tertiary/aromatic N) is 6. The number of hydrogen-bond donors (Lipinski definition) is 1. The number of nitrogen functional groups attached to an aromatic ring is 1. The van der Waals surface area contributed by atoms with E-state index in [1.807, 2.05) is 6.07 Å². The molecule has 3 aromatic rings. The molecule has 12 heteroatoms. The van der Waals surface area contributed by atoms with Crippen LogP contribution in [0.5, 0.6) is 0 Å². The zero-order chi connectivity index (χ0) is 20.4. The summed E-state index contributed by atoms with van der Waals surface area (Å²) in [6.45, 7) is 4.45. The van der Waals surface area contributed by atoms with Gasteiger partial charge in [0, 0.05) is 19.6 Å². The number of fused-ring (bicyclic) bond motifs is 1. The molecule has 1 aromatic carbocycles. The lowest BCUT2D eigenvalue weighted by Crippen LogP contribution is -2.40. The number of aryl methyl sites for hydroxylation is 1. The van der Waals surface area contributed by atoms with Gasteiger partial charge in [0.1, 0.15) is 12.2 Å². The third-order valence-electron chi connectivity index (χ3n) is 4.72. The molecule has 2 N–H and O–H groups in total. The van der Waals surface area contributed by atoms with Crippen LogP contribution in [0.4, 0.5) is 0 Å². The van der Waals surface area contributed by atoms with Crippen LogP contribution < -0.4 is 5.84 Å². The highest BCUT2D eigenvalue weighted by molar-refractivity contribution is 7.98. The Hall–Kier alpha value is -2.15. The number of benzene rings is 1. The SMILES string of the molecule is CCCn1c(CSc2nncn2N)nc2cc(S(=O)(=O)N3CCOCC3)ccc21. The van der Waals surface area contributed by atoms with Gasteiger partial charge in [-0.2, -0.15) is 4.31 Å². The van der Waals surface area contributed by atoms with E-state index in [1.54, 1.807) is 12.1 Å². The molecule has 0 amide bonds. The van der Waals surface area contributed by atoms with Gasteiger partial charge < -0.3 is 15.1 Å². The Morgan fingerprint density at radius 1 is 1.28 bits per heavy atom. The van der Waals surface area contributed by atoms with E-state index in [-0.39, 0.29) is 4.90 Å². The molecule has 0 unspecified atom stereocenters. The van der Waals surface area contributed by atoms with Crippen molar-refractivity contribution in [3.05, 3.63) is 30.4 Å². The quantitative estimate of drug-likeness (QED) is 0.430. The first-order chi connectivity index (χ1) is 14.0. The van der Waals surface area contributed by atoms with E-state index in [4.69, 9.17) is 15.6 Å². The Morgan fingerprint density at radius 3 is 2.76 bits per heavy atom. The van der Waals surface area contributed by atoms with Gasteiger partial charge in [-0.05, 0) is 24.6 Å². The molecule has 0 radical (unpaired) electrons. The highest BCUT2D eigenvalue weighted by atomic mass is 32.2. The van der Waals surface area contributed by atoms with Gasteiger partial charge >= 0.3 is 0 Å². The number of rotatable bonds is 7. The third-order valence-corrected chi connectivity index (χ3v) is 7.57. The summed E-state index contributed by atoms with van der Waals surface area (Å²) >= 11 is 1.44. The number of aromatic nitrogens is 5. The monoisotopic (exact) mass is 437 g/mol. The lowest BCUT2D eigenvalue weighted by molar-refractivity contribution is 0.0730. The molecule has 0 bridgehead atoms. The largest absolute Gasteiger partial charge is 0.379 e. The molecule has 10 nitrogen and oxygen atoms in total. The fourth-order valence-electron chi connectivity index (χ4n) is 3.30. The van der Waals surface area contributed by atoms with E-state index in [2.05, 4.69) is 21.7 Å². The maximum Gasteiger partial charge on any atom is 0.243 e. The molecule has 0 aliphatic carbocycles. The highest BCUT2D eigenvalue weighted by Gasteiger charge is 2.27. The smallest absolute Gasteiger partial charge is 0.243 e. The Labute approximate surface area is 173 Å². The summed E-state index contributed by atoms with van der Waals surface area (Å²) in [7, 11) is -3.56. The predicted octanol–water partition coefficient (Wildman–Crippen LogP) is 1.06. The number of morpholine rings is 1. The van der Waals surface area contributed by atoms with Crippen molar-refractivity contribution in [2.75, 3.05) is 32.1 Å². The van der Waals surface area contributed by atoms with E-state index >= 15 is 0 Å². The molecule has 0 atom stereocenters. The first-order valence-electron chi connectivity index (χ1n) is 9.35. The van der Waals surface area contributed by atoms with Crippen molar-refractivity contribution in [1.82, 2.24) is 28.7 Å². The van der Waals surface area contributed by atoms with Crippen molar-refractivity contribution < 1.29 is 13.2 Å². The Balaban J connectivity index is 1.66. The summed E-state index contributed by atoms with van der Waals surface area (Å²) in [5.74, 6) is 7.17. The Kier molecular flexibility index (Phi) is 5.76. The Morgan fingerprint density at radius 2 is 2.07 bits per heavy atom. The molecule has 1 aliphatic rings. The molecule has 0 saturated carbocycles. The lowest BCUT2D eigenvalue weighted by atomic mass is 10.3. The summed E-state index contributed by atoms with van der Waals surface area (Å²) in [6, 6.07) is 5.16. The van der Waals surface area contributed by atoms with Crippen molar-refractivity contribution in [3.63, 3.8) is 0 Å². The fraction of sp³-hybridized carbons (Fsp3) is 0.471. The predicted molar refractivity (Wildman–Crippen MR) is 109 cm³/mol. The van der Waals surface area contributed by atoms with Gasteiger partial charge in [0.25, 0.3) is 0 Å². The normalized spacial score (nSPS) is 15.9. The number of imidazole rings is 1. The maximum absolute atomic E-state index is 13.0. The number of thioether (sulfide) groups is 1. The average molecular weight is 438 g/mol. The molecule has 4 rings (SSSR count). The standard InChI is InChI=1S/C17H23N7O3S2/c1-2-5-23-15-4-3-13(29(25,26)22-6-8-27-9-7-22)10-14(15)20-16(23)11-28-17-21-19-12-24(17)18/h3-4,10,12H,2,5-9,11,18H2,1H3. The molecule has 3 heterocycles. The number of sulfonamides is 1. The number of nitrogens with two attached hydrogens (primary N) is 1. The highest BCUT2D eigenvalue weighted by Crippen LogP contribution is 2.26. The van der Waals surface area contributed by atoms with Crippen LogP contribution in [0.25, 0.3) is 11.0 Å². The molecular weight excluding hydrogens is 414 g/mol. The summed E-state index contributed by atoms with van der Waals surface area (Å²) in [5.41, 5.74) is 1.58. The molecule has 156 valence electrons. The van der Waals surface area contributed by atoms with Gasteiger partial charge in [-0.1, -0.05) is 18.7 Å². The average Bonchev–Trinajstić information content (AvgIpc) is 3.30. The zero-order valence-electron chi connectivity index (χ0n) is 16.1. The van der Waals surface area contributed by atoms with Crippen LogP contribution >= 0.6 is 11.8 Å². The molecule has 29 heavy (non-hydrogen) atoms. The van der Waals surface area contributed by atoms with Crippen LogP contribution in [0.3, 0.4) is 0 Å². The molecule has 0 spiro atoms. The van der Waals surface area contributed by atoms with Crippen molar-refractivity contribution in [3.8, 4) is 0 Å². The topological polar surface area (TPSA) is 121 Å². The van der Waals surface area contributed by atoms with E-state index < -0.39 is 10.0 Å². The minimum absolute atomic E-state index is 0.258. The molecule has 2 aromatic heterocycles. The van der Waals surface area contributed by atoms with Crippen LogP contribution in [0.1, 0.15) is 19.2 Å². The van der Waals surface area contributed by atoms with E-state index in [0.29, 0.717) is 42.7 Å². The summed E-state index contributed by atoms with van der Waals surface area (Å²) < 4.78 is 36.1. The van der Waals surface area contributed by atoms with Gasteiger partial charge in [0.2, 0.25) is 15.2 Å². The summed E-state index contributed by atoms with van der Waals surface area (Å²) in [6.07, 6.45) is 2.38. The van der Waals surface area contributed by atoms with Crippen molar-refractivity contribution in [2.45, 2.75) is 35.7 Å².